The van der Waals surface area contributed by atoms with Crippen molar-refractivity contribution in [2.75, 3.05) is 32.3 Å². The quantitative estimate of drug-likeness (QED) is 0.611. The number of amides is 1. The Morgan fingerprint density at radius 2 is 2.22 bits per heavy atom. The fraction of sp³-hybridized carbons (Fsp3) is 0.556. The van der Waals surface area contributed by atoms with Crippen LogP contribution in [0, 0.1) is 0 Å². The number of ether oxygens (including phenoxy) is 3. The maximum Gasteiger partial charge on any atom is 0.413 e. The Bertz CT molecular complexity index is 773. The number of aromatic nitrogens is 1. The Morgan fingerprint density at radius 1 is 1.48 bits per heavy atom. The summed E-state index contributed by atoms with van der Waals surface area (Å²) in [6.45, 7) is 3.11. The maximum absolute atomic E-state index is 11.6. The first-order chi connectivity index (χ1) is 13.0. The van der Waals surface area contributed by atoms with Crippen LogP contribution in [0.25, 0.3) is 0 Å². The fourth-order valence-electron chi connectivity index (χ4n) is 3.47. The molecule has 0 aromatic carbocycles. The van der Waals surface area contributed by atoms with Crippen LogP contribution in [0.15, 0.2) is 11.9 Å². The largest absolute Gasteiger partial charge is 0.469 e. The number of carbonyl (C=O) groups excluding carboxylic acids is 1. The minimum absolute atomic E-state index is 0.00407. The highest BCUT2D eigenvalue weighted by molar-refractivity contribution is 5.86. The van der Waals surface area contributed by atoms with E-state index in [-0.39, 0.29) is 11.9 Å². The first-order valence-electron chi connectivity index (χ1n) is 8.73. The maximum atomic E-state index is 11.6. The summed E-state index contributed by atoms with van der Waals surface area (Å²) in [5.41, 5.74) is 2.12. The molecule has 1 fully saturated rings. The molecule has 2 aliphatic rings. The monoisotopic (exact) mass is 377 g/mol. The van der Waals surface area contributed by atoms with E-state index < -0.39 is 12.4 Å². The van der Waals surface area contributed by atoms with E-state index in [0.29, 0.717) is 31.2 Å². The van der Waals surface area contributed by atoms with E-state index in [0.717, 1.165) is 24.0 Å². The van der Waals surface area contributed by atoms with Crippen molar-refractivity contribution in [3.05, 3.63) is 28.8 Å². The van der Waals surface area contributed by atoms with Gasteiger partial charge in [0.05, 0.1) is 6.04 Å². The van der Waals surface area contributed by atoms with Crippen LogP contribution < -0.4 is 4.90 Å². The highest BCUT2D eigenvalue weighted by Crippen LogP contribution is 2.33. The number of hydrogen-bond donors (Lipinski definition) is 1. The average molecular weight is 377 g/mol. The fourth-order valence-corrected chi connectivity index (χ4v) is 3.47. The molecule has 0 spiro atoms. The van der Waals surface area contributed by atoms with E-state index >= 15 is 0 Å². The number of pyridine rings is 1. The lowest BCUT2D eigenvalue weighted by Crippen LogP contribution is -2.36. The summed E-state index contributed by atoms with van der Waals surface area (Å²) in [6, 6.07) is 1.93. The summed E-state index contributed by atoms with van der Waals surface area (Å²) >= 11 is 0. The smallest absolute Gasteiger partial charge is 0.413 e. The van der Waals surface area contributed by atoms with E-state index in [1.165, 1.54) is 19.1 Å². The van der Waals surface area contributed by atoms with Crippen molar-refractivity contribution >= 4 is 17.9 Å². The topological polar surface area (TPSA) is 101 Å². The van der Waals surface area contributed by atoms with Gasteiger partial charge in [-0.2, -0.15) is 0 Å². The molecule has 146 valence electrons. The standard InChI is InChI=1S/C18H23N3O6/c1-11-10-27-14(9-22)21(11)8-13-7-12-5-4-6-20(18(23)24)16(12)19-15(13)17(25-2)26-3/h7,11,17H,4-6,8,10H2,1-3H3,(H,23,24)/t11-/m0/s1. The van der Waals surface area contributed by atoms with E-state index in [2.05, 4.69) is 4.98 Å². The SMILES string of the molecule is COC(OC)c1nc2c(cc1CN1C(=C=O)OC[C@@H]1C)CCCN2C(=O)O. The lowest BCUT2D eigenvalue weighted by Gasteiger charge is -2.29. The molecule has 1 amide bonds. The zero-order valence-corrected chi connectivity index (χ0v) is 15.6. The summed E-state index contributed by atoms with van der Waals surface area (Å²) in [7, 11) is 2.98. The highest BCUT2D eigenvalue weighted by atomic mass is 16.7. The highest BCUT2D eigenvalue weighted by Gasteiger charge is 2.32. The number of carbonyl (C=O) groups is 1. The van der Waals surface area contributed by atoms with Crippen LogP contribution in [-0.2, 0) is 32.0 Å². The molecule has 9 heteroatoms. The van der Waals surface area contributed by atoms with Gasteiger partial charge in [-0.25, -0.2) is 14.6 Å². The second-order valence-electron chi connectivity index (χ2n) is 6.55. The number of carboxylic acid groups (broad SMARTS) is 1. The van der Waals surface area contributed by atoms with Gasteiger partial charge in [-0.15, -0.1) is 0 Å². The number of fused-ring (bicyclic) bond motifs is 1. The van der Waals surface area contributed by atoms with E-state index in [4.69, 9.17) is 14.2 Å². The Balaban J connectivity index is 2.06. The number of nitrogens with zero attached hydrogens (tertiary/aromatic N) is 3. The molecule has 2 aliphatic heterocycles. The van der Waals surface area contributed by atoms with Gasteiger partial charge >= 0.3 is 6.09 Å². The van der Waals surface area contributed by atoms with Crippen molar-refractivity contribution in [2.24, 2.45) is 0 Å². The lowest BCUT2D eigenvalue weighted by molar-refractivity contribution is -0.109. The van der Waals surface area contributed by atoms with Gasteiger partial charge in [0.15, 0.2) is 5.94 Å². The van der Waals surface area contributed by atoms with Crippen molar-refractivity contribution < 1.29 is 28.9 Å². The third-order valence-corrected chi connectivity index (χ3v) is 4.84. The summed E-state index contributed by atoms with van der Waals surface area (Å²) in [5, 5.41) is 9.48. The predicted molar refractivity (Wildman–Crippen MR) is 94.9 cm³/mol. The second kappa shape index (κ2) is 7.96. The van der Waals surface area contributed by atoms with Gasteiger partial charge in [0, 0.05) is 27.3 Å². The summed E-state index contributed by atoms with van der Waals surface area (Å²) in [6.07, 6.45) is -0.348. The first kappa shape index (κ1) is 19.2. The van der Waals surface area contributed by atoms with E-state index in [1.54, 1.807) is 4.90 Å². The molecule has 0 saturated carbocycles. The number of aryl methyl sites for hydroxylation is 1. The molecule has 27 heavy (non-hydrogen) atoms. The van der Waals surface area contributed by atoms with Gasteiger partial charge < -0.3 is 24.2 Å². The Labute approximate surface area is 157 Å². The molecule has 1 aromatic rings. The predicted octanol–water partition coefficient (Wildman–Crippen LogP) is 1.70. The minimum atomic E-state index is -1.04. The van der Waals surface area contributed by atoms with Crippen LogP contribution in [-0.4, -0.2) is 60.4 Å². The summed E-state index contributed by atoms with van der Waals surface area (Å²) in [5.74, 6) is 2.39. The van der Waals surface area contributed by atoms with Crippen LogP contribution in [0.5, 0.6) is 0 Å². The molecule has 3 rings (SSSR count). The molecular formula is C18H23N3O6. The third kappa shape index (κ3) is 3.62. The number of anilines is 1. The molecule has 1 N–H and O–H groups in total. The normalized spacial score (nSPS) is 19.1. The second-order valence-corrected chi connectivity index (χ2v) is 6.55. The zero-order valence-electron chi connectivity index (χ0n) is 15.6. The summed E-state index contributed by atoms with van der Waals surface area (Å²) < 4.78 is 16.1. The van der Waals surface area contributed by atoms with Crippen molar-refractivity contribution in [2.45, 2.75) is 38.6 Å². The molecule has 1 aromatic heterocycles. The number of hydrogen-bond acceptors (Lipinski definition) is 7. The molecule has 0 radical (unpaired) electrons. The Hall–Kier alpha value is -2.61. The first-order valence-corrected chi connectivity index (χ1v) is 8.73. The summed E-state index contributed by atoms with van der Waals surface area (Å²) in [4.78, 5) is 30.4. The van der Waals surface area contributed by atoms with E-state index in [1.807, 2.05) is 18.9 Å². The molecule has 0 bridgehead atoms. The van der Waals surface area contributed by atoms with Crippen LogP contribution in [0.3, 0.4) is 0 Å². The van der Waals surface area contributed by atoms with Gasteiger partial charge in [0.25, 0.3) is 5.88 Å². The third-order valence-electron chi connectivity index (χ3n) is 4.84. The Kier molecular flexibility index (Phi) is 5.65. The minimum Gasteiger partial charge on any atom is -0.469 e. The Morgan fingerprint density at radius 3 is 2.85 bits per heavy atom. The van der Waals surface area contributed by atoms with Gasteiger partial charge in [0.1, 0.15) is 18.1 Å². The lowest BCUT2D eigenvalue weighted by atomic mass is 10.0. The van der Waals surface area contributed by atoms with Crippen molar-refractivity contribution in [3.8, 4) is 0 Å². The molecule has 1 atom stereocenters. The average Bonchev–Trinajstić information content (AvgIpc) is 3.02. The van der Waals surface area contributed by atoms with Gasteiger partial charge in [-0.3, -0.25) is 4.90 Å². The van der Waals surface area contributed by atoms with Gasteiger partial charge in [-0.1, -0.05) is 0 Å². The van der Waals surface area contributed by atoms with Crippen molar-refractivity contribution in [1.29, 1.82) is 0 Å². The van der Waals surface area contributed by atoms with Gasteiger partial charge in [0.2, 0.25) is 6.29 Å². The van der Waals surface area contributed by atoms with Crippen LogP contribution in [0.1, 0.15) is 36.5 Å². The molecule has 9 nitrogen and oxygen atoms in total. The molecule has 0 aliphatic carbocycles. The van der Waals surface area contributed by atoms with Gasteiger partial charge in [-0.05, 0) is 37.0 Å². The molecule has 1 saturated heterocycles. The molecular weight excluding hydrogens is 354 g/mol. The van der Waals surface area contributed by atoms with Crippen molar-refractivity contribution in [1.82, 2.24) is 9.88 Å². The number of rotatable bonds is 5. The van der Waals surface area contributed by atoms with Crippen molar-refractivity contribution in [3.63, 3.8) is 0 Å². The van der Waals surface area contributed by atoms with Crippen LogP contribution in [0.2, 0.25) is 0 Å². The molecule has 3 heterocycles. The van der Waals surface area contributed by atoms with E-state index in [9.17, 15) is 14.7 Å². The number of methoxy groups -OCH3 is 2. The van der Waals surface area contributed by atoms with Crippen LogP contribution >= 0.6 is 0 Å². The molecule has 0 unspecified atom stereocenters. The zero-order chi connectivity index (χ0) is 19.6. The van der Waals surface area contributed by atoms with Crippen LogP contribution in [0.4, 0.5) is 10.6 Å².